The summed E-state index contributed by atoms with van der Waals surface area (Å²) in [5, 5.41) is 15.7. The van der Waals surface area contributed by atoms with Crippen molar-refractivity contribution in [2.75, 3.05) is 11.5 Å². The van der Waals surface area contributed by atoms with Gasteiger partial charge in [-0.15, -0.1) is 0 Å². The number of carbonyl (C=O) groups is 1. The second kappa shape index (κ2) is 7.62. The van der Waals surface area contributed by atoms with Crippen molar-refractivity contribution < 1.29 is 9.53 Å². The molecule has 32 heavy (non-hydrogen) atoms. The number of anilines is 1. The number of amides is 1. The Labute approximate surface area is 188 Å². The van der Waals surface area contributed by atoms with E-state index in [0.29, 0.717) is 24.6 Å². The molecule has 8 heteroatoms. The fourth-order valence-electron chi connectivity index (χ4n) is 4.69. The summed E-state index contributed by atoms with van der Waals surface area (Å²) < 4.78 is 7.31. The highest BCUT2D eigenvalue weighted by Crippen LogP contribution is 2.49. The Hall–Kier alpha value is -3.42. The average molecular weight is 435 g/mol. The number of carbonyl (C=O) groups excluding carboxylic acids is 1. The highest BCUT2D eigenvalue weighted by atomic mass is 16.5. The Morgan fingerprint density at radius 1 is 1.25 bits per heavy atom. The number of nitrogens with one attached hydrogen (secondary N) is 2. The van der Waals surface area contributed by atoms with Crippen LogP contribution >= 0.6 is 0 Å². The van der Waals surface area contributed by atoms with Gasteiger partial charge < -0.3 is 15.5 Å². The third-order valence-electron chi connectivity index (χ3n) is 6.45. The Morgan fingerprint density at radius 3 is 2.69 bits per heavy atom. The van der Waals surface area contributed by atoms with E-state index in [1.165, 1.54) is 0 Å². The number of dihydropyridines is 1. The predicted molar refractivity (Wildman–Crippen MR) is 125 cm³/mol. The van der Waals surface area contributed by atoms with Crippen LogP contribution in [0.4, 0.5) is 5.69 Å². The third-order valence-corrected chi connectivity index (χ3v) is 6.45. The van der Waals surface area contributed by atoms with Crippen molar-refractivity contribution in [2.24, 2.45) is 0 Å². The molecular formula is C24H30N6O2. The minimum Gasteiger partial charge on any atom is -0.492 e. The molecule has 4 heterocycles. The minimum atomic E-state index is -0.639. The molecule has 2 aromatic heterocycles. The van der Waals surface area contributed by atoms with E-state index in [4.69, 9.17) is 10.1 Å². The molecule has 0 bridgehead atoms. The van der Waals surface area contributed by atoms with Crippen LogP contribution in [0.3, 0.4) is 0 Å². The maximum absolute atomic E-state index is 13.7. The van der Waals surface area contributed by atoms with Crippen LogP contribution in [0.25, 0.3) is 5.70 Å². The number of pyridine rings is 1. The lowest BCUT2D eigenvalue weighted by Crippen LogP contribution is -2.60. The van der Waals surface area contributed by atoms with E-state index >= 15 is 0 Å². The Balaban J connectivity index is 1.74. The van der Waals surface area contributed by atoms with E-state index in [2.05, 4.69) is 36.2 Å². The van der Waals surface area contributed by atoms with Crippen molar-refractivity contribution >= 4 is 23.0 Å². The summed E-state index contributed by atoms with van der Waals surface area (Å²) >= 11 is 0. The Kier molecular flexibility index (Phi) is 5.19. The molecule has 0 aromatic carbocycles. The first-order chi connectivity index (χ1) is 15.1. The van der Waals surface area contributed by atoms with Crippen molar-refractivity contribution in [1.82, 2.24) is 20.1 Å². The van der Waals surface area contributed by atoms with Gasteiger partial charge in [0.1, 0.15) is 5.75 Å². The molecule has 168 valence electrons. The van der Waals surface area contributed by atoms with Gasteiger partial charge >= 0.3 is 0 Å². The summed E-state index contributed by atoms with van der Waals surface area (Å²) in [5.74, 6) is 0.674. The molecule has 0 aliphatic carbocycles. The van der Waals surface area contributed by atoms with Gasteiger partial charge in [-0.1, -0.05) is 0 Å². The van der Waals surface area contributed by atoms with E-state index in [1.807, 2.05) is 37.1 Å². The lowest BCUT2D eigenvalue weighted by Gasteiger charge is -2.45. The number of rotatable bonds is 6. The third kappa shape index (κ3) is 3.30. The van der Waals surface area contributed by atoms with Crippen LogP contribution in [-0.2, 0) is 11.3 Å². The van der Waals surface area contributed by atoms with Gasteiger partial charge in [0.05, 0.1) is 42.3 Å². The number of ether oxygens (including phenoxy) is 1. The Morgan fingerprint density at radius 2 is 2.00 bits per heavy atom. The molecule has 2 aromatic rings. The van der Waals surface area contributed by atoms with Gasteiger partial charge in [-0.3, -0.25) is 19.4 Å². The second-order valence-corrected chi connectivity index (χ2v) is 9.08. The first-order valence-electron chi connectivity index (χ1n) is 10.8. The first-order valence-corrected chi connectivity index (χ1v) is 10.8. The average Bonchev–Trinajstić information content (AvgIpc) is 3.20. The summed E-state index contributed by atoms with van der Waals surface area (Å²) in [7, 11) is 0. The zero-order chi connectivity index (χ0) is 23.3. The quantitative estimate of drug-likeness (QED) is 0.678. The predicted octanol–water partition coefficient (Wildman–Crippen LogP) is 3.56. The molecule has 2 aliphatic heterocycles. The van der Waals surface area contributed by atoms with Crippen LogP contribution in [-0.4, -0.2) is 44.1 Å². The summed E-state index contributed by atoms with van der Waals surface area (Å²) in [6.45, 7) is 12.8. The monoisotopic (exact) mass is 434 g/mol. The maximum atomic E-state index is 13.7. The lowest BCUT2D eigenvalue weighted by molar-refractivity contribution is -0.114. The molecular weight excluding hydrogens is 404 g/mol. The lowest BCUT2D eigenvalue weighted by atomic mass is 9.75. The SMILES string of the molecule is CCOc1cncc(C2=CC(C)=C3C(=O)N(c4cnn(CC(C)=N)c4)C(C)(C)C3(C)N2)c1. The van der Waals surface area contributed by atoms with E-state index < -0.39 is 11.1 Å². The molecule has 8 nitrogen and oxygen atoms in total. The van der Waals surface area contributed by atoms with Crippen molar-refractivity contribution in [3.63, 3.8) is 0 Å². The van der Waals surface area contributed by atoms with Gasteiger partial charge in [-0.05, 0) is 59.3 Å². The molecule has 0 saturated carbocycles. The molecule has 1 fully saturated rings. The van der Waals surface area contributed by atoms with E-state index in [9.17, 15) is 4.79 Å². The molecule has 4 rings (SSSR count). The molecule has 1 amide bonds. The summed E-state index contributed by atoms with van der Waals surface area (Å²) in [4.78, 5) is 19.8. The molecule has 0 spiro atoms. The number of hydrogen-bond donors (Lipinski definition) is 2. The number of nitrogens with zero attached hydrogens (tertiary/aromatic N) is 4. The van der Waals surface area contributed by atoms with Crippen molar-refractivity contribution in [2.45, 2.75) is 59.2 Å². The van der Waals surface area contributed by atoms with Crippen LogP contribution in [0, 0.1) is 5.41 Å². The number of allylic oxidation sites excluding steroid dienone is 2. The molecule has 1 unspecified atom stereocenters. The second-order valence-electron chi connectivity index (χ2n) is 9.08. The molecule has 2 aliphatic rings. The fourth-order valence-corrected chi connectivity index (χ4v) is 4.69. The van der Waals surface area contributed by atoms with Gasteiger partial charge in [0.15, 0.2) is 0 Å². The topological polar surface area (TPSA) is 96.1 Å². The largest absolute Gasteiger partial charge is 0.492 e. The van der Waals surface area contributed by atoms with Crippen molar-refractivity contribution in [3.05, 3.63) is 53.6 Å². The van der Waals surface area contributed by atoms with Gasteiger partial charge in [-0.25, -0.2) is 0 Å². The van der Waals surface area contributed by atoms with Gasteiger partial charge in [0.25, 0.3) is 5.91 Å². The van der Waals surface area contributed by atoms with Crippen LogP contribution in [0.1, 0.15) is 47.1 Å². The zero-order valence-corrected chi connectivity index (χ0v) is 19.5. The first kappa shape index (κ1) is 21.8. The van der Waals surface area contributed by atoms with Crippen molar-refractivity contribution in [1.29, 1.82) is 5.41 Å². The standard InChI is InChI=1S/C24H30N6O2/c1-7-32-19-9-17(10-26-12-19)20-8-15(2)21-22(31)30(23(4,5)24(21,6)28-20)18-11-27-29(14-18)13-16(3)25/h8-12,14,25,28H,7,13H2,1-6H3. The number of aromatic nitrogens is 3. The van der Waals surface area contributed by atoms with Gasteiger partial charge in [0.2, 0.25) is 0 Å². The molecule has 2 N–H and O–H groups in total. The van der Waals surface area contributed by atoms with Crippen LogP contribution in [0.5, 0.6) is 5.75 Å². The Bertz CT molecular complexity index is 1160. The van der Waals surface area contributed by atoms with E-state index in [1.54, 1.807) is 30.2 Å². The number of hydrogen-bond acceptors (Lipinski definition) is 6. The zero-order valence-electron chi connectivity index (χ0n) is 19.5. The maximum Gasteiger partial charge on any atom is 0.257 e. The van der Waals surface area contributed by atoms with E-state index in [-0.39, 0.29) is 5.91 Å². The molecule has 1 atom stereocenters. The van der Waals surface area contributed by atoms with Crippen molar-refractivity contribution in [3.8, 4) is 5.75 Å². The minimum absolute atomic E-state index is 0.0369. The smallest absolute Gasteiger partial charge is 0.257 e. The van der Waals surface area contributed by atoms with E-state index in [0.717, 1.165) is 28.1 Å². The fraction of sp³-hybridized carbons (Fsp3) is 0.417. The number of fused-ring (bicyclic) bond motifs is 1. The normalized spacial score (nSPS) is 21.9. The van der Waals surface area contributed by atoms with Crippen LogP contribution < -0.4 is 15.0 Å². The summed E-state index contributed by atoms with van der Waals surface area (Å²) in [5.41, 5.74) is 3.48. The van der Waals surface area contributed by atoms with Gasteiger partial charge in [0, 0.05) is 34.9 Å². The van der Waals surface area contributed by atoms with Crippen LogP contribution in [0.15, 0.2) is 48.1 Å². The molecule has 0 radical (unpaired) electrons. The van der Waals surface area contributed by atoms with Crippen LogP contribution in [0.2, 0.25) is 0 Å². The highest BCUT2D eigenvalue weighted by molar-refractivity contribution is 6.13. The summed E-state index contributed by atoms with van der Waals surface area (Å²) in [6, 6.07) is 1.96. The summed E-state index contributed by atoms with van der Waals surface area (Å²) in [6.07, 6.45) is 9.03. The van der Waals surface area contributed by atoms with Gasteiger partial charge in [-0.2, -0.15) is 5.10 Å². The highest BCUT2D eigenvalue weighted by Gasteiger charge is 2.60. The molecule has 1 saturated heterocycles.